The number of amides is 2. The monoisotopic (exact) mass is 385 g/mol. The molecule has 0 unspecified atom stereocenters. The van der Waals surface area contributed by atoms with Gasteiger partial charge in [0.2, 0.25) is 11.8 Å². The van der Waals surface area contributed by atoms with Crippen molar-refractivity contribution in [2.24, 2.45) is 5.10 Å². The molecule has 0 bridgehead atoms. The molecule has 0 heterocycles. The van der Waals surface area contributed by atoms with Crippen LogP contribution in [0, 0.1) is 27.7 Å². The molecule has 27 heavy (non-hydrogen) atoms. The Morgan fingerprint density at radius 1 is 1.04 bits per heavy atom. The summed E-state index contributed by atoms with van der Waals surface area (Å²) in [4.78, 5) is 23.9. The Balaban J connectivity index is 1.84. The molecule has 0 aliphatic heterocycles. The normalized spacial score (nSPS) is 10.9. The van der Waals surface area contributed by atoms with Gasteiger partial charge in [-0.25, -0.2) is 5.43 Å². The molecule has 6 heteroatoms. The lowest BCUT2D eigenvalue weighted by Crippen LogP contribution is -2.21. The highest BCUT2D eigenvalue weighted by atomic mass is 35.5. The fraction of sp³-hybridized carbons (Fsp3) is 0.286. The lowest BCUT2D eigenvalue weighted by Gasteiger charge is -2.09. The number of hydrogen-bond donors (Lipinski definition) is 2. The Morgan fingerprint density at radius 3 is 2.33 bits per heavy atom. The van der Waals surface area contributed by atoms with E-state index in [1.165, 1.54) is 5.56 Å². The maximum atomic E-state index is 12.0. The lowest BCUT2D eigenvalue weighted by molar-refractivity contribution is -0.124. The maximum absolute atomic E-state index is 12.0. The summed E-state index contributed by atoms with van der Waals surface area (Å²) in [6, 6.07) is 9.43. The number of hydrogen-bond acceptors (Lipinski definition) is 3. The van der Waals surface area contributed by atoms with Crippen LogP contribution in [0.3, 0.4) is 0 Å². The van der Waals surface area contributed by atoms with E-state index < -0.39 is 0 Å². The van der Waals surface area contributed by atoms with Crippen molar-refractivity contribution >= 4 is 35.3 Å². The third-order valence-corrected chi connectivity index (χ3v) is 4.65. The predicted molar refractivity (Wildman–Crippen MR) is 110 cm³/mol. The zero-order valence-corrected chi connectivity index (χ0v) is 16.8. The average molecular weight is 386 g/mol. The van der Waals surface area contributed by atoms with Crippen molar-refractivity contribution in [1.29, 1.82) is 0 Å². The van der Waals surface area contributed by atoms with E-state index in [1.54, 1.807) is 24.4 Å². The minimum absolute atomic E-state index is 0.0502. The third kappa shape index (κ3) is 5.93. The van der Waals surface area contributed by atoms with Crippen LogP contribution in [-0.4, -0.2) is 18.0 Å². The summed E-state index contributed by atoms with van der Waals surface area (Å²) >= 11 is 6.03. The van der Waals surface area contributed by atoms with E-state index in [0.717, 1.165) is 22.3 Å². The molecule has 0 fully saturated rings. The standard InChI is InChI=1S/C21H24ClN3O2/c1-13-10-14(2)17(15(3)11-13)12-23-25-21(27)9-8-20(26)24-19-7-5-6-18(22)16(19)4/h5-7,10-12H,8-9H2,1-4H3,(H,24,26)(H,25,27)/b23-12+. The molecule has 0 aliphatic rings. The summed E-state index contributed by atoms with van der Waals surface area (Å²) in [5, 5.41) is 7.36. The predicted octanol–water partition coefficient (Wildman–Crippen LogP) is 4.44. The molecule has 5 nitrogen and oxygen atoms in total. The number of rotatable bonds is 6. The van der Waals surface area contributed by atoms with Crippen LogP contribution in [0.1, 0.15) is 40.7 Å². The minimum atomic E-state index is -0.313. The van der Waals surface area contributed by atoms with Gasteiger partial charge in [0.25, 0.3) is 0 Å². The van der Waals surface area contributed by atoms with E-state index >= 15 is 0 Å². The van der Waals surface area contributed by atoms with E-state index in [9.17, 15) is 9.59 Å². The van der Waals surface area contributed by atoms with Gasteiger partial charge in [0.1, 0.15) is 0 Å². The molecule has 2 aromatic rings. The first-order chi connectivity index (χ1) is 12.8. The second-order valence-corrected chi connectivity index (χ2v) is 6.97. The van der Waals surface area contributed by atoms with Gasteiger partial charge in [-0.3, -0.25) is 9.59 Å². The highest BCUT2D eigenvalue weighted by Gasteiger charge is 2.09. The van der Waals surface area contributed by atoms with Gasteiger partial charge in [-0.2, -0.15) is 5.10 Å². The fourth-order valence-corrected chi connectivity index (χ4v) is 2.98. The van der Waals surface area contributed by atoms with Crippen molar-refractivity contribution in [2.75, 3.05) is 5.32 Å². The first kappa shape index (κ1) is 20.6. The number of anilines is 1. The van der Waals surface area contributed by atoms with Crippen molar-refractivity contribution in [1.82, 2.24) is 5.43 Å². The molecule has 2 N–H and O–H groups in total. The molecule has 0 aromatic heterocycles. The van der Waals surface area contributed by atoms with E-state index in [4.69, 9.17) is 11.6 Å². The summed E-state index contributed by atoms with van der Waals surface area (Å²) in [6.07, 6.45) is 1.75. The molecule has 0 saturated carbocycles. The quantitative estimate of drug-likeness (QED) is 0.570. The van der Waals surface area contributed by atoms with E-state index in [2.05, 4.69) is 28.0 Å². The molecule has 0 aliphatic carbocycles. The summed E-state index contributed by atoms with van der Waals surface area (Å²) in [7, 11) is 0. The first-order valence-electron chi connectivity index (χ1n) is 8.72. The second kappa shape index (κ2) is 9.33. The fourth-order valence-electron chi connectivity index (χ4n) is 2.80. The summed E-state index contributed by atoms with van der Waals surface area (Å²) in [6.45, 7) is 7.88. The number of aryl methyl sites for hydroxylation is 3. The smallest absolute Gasteiger partial charge is 0.240 e. The number of nitrogens with zero attached hydrogens (tertiary/aromatic N) is 1. The third-order valence-electron chi connectivity index (χ3n) is 4.24. The SMILES string of the molecule is Cc1cc(C)c(/C=N/NC(=O)CCC(=O)Nc2cccc(Cl)c2C)c(C)c1. The van der Waals surface area contributed by atoms with Crippen LogP contribution in [-0.2, 0) is 9.59 Å². The zero-order chi connectivity index (χ0) is 20.0. The molecule has 0 radical (unpaired) electrons. The van der Waals surface area contributed by atoms with Crippen LogP contribution in [0.2, 0.25) is 5.02 Å². The number of benzene rings is 2. The Bertz CT molecular complexity index is 868. The van der Waals surface area contributed by atoms with Gasteiger partial charge in [0.05, 0.1) is 6.21 Å². The van der Waals surface area contributed by atoms with Crippen LogP contribution in [0.15, 0.2) is 35.4 Å². The highest BCUT2D eigenvalue weighted by molar-refractivity contribution is 6.31. The molecular weight excluding hydrogens is 362 g/mol. The molecule has 2 rings (SSSR count). The topological polar surface area (TPSA) is 70.6 Å². The van der Waals surface area contributed by atoms with Gasteiger partial charge in [-0.1, -0.05) is 35.4 Å². The number of carbonyl (C=O) groups is 2. The molecule has 0 saturated heterocycles. The van der Waals surface area contributed by atoms with Crippen LogP contribution in [0.25, 0.3) is 0 Å². The number of nitrogens with one attached hydrogen (secondary N) is 2. The number of hydrazone groups is 1. The zero-order valence-electron chi connectivity index (χ0n) is 16.0. The van der Waals surface area contributed by atoms with Gasteiger partial charge in [-0.15, -0.1) is 0 Å². The Hall–Kier alpha value is -2.66. The molecule has 2 amide bonds. The van der Waals surface area contributed by atoms with Crippen LogP contribution in [0.5, 0.6) is 0 Å². The van der Waals surface area contributed by atoms with Crippen molar-refractivity contribution in [3.63, 3.8) is 0 Å². The van der Waals surface area contributed by atoms with Crippen LogP contribution in [0.4, 0.5) is 5.69 Å². The Labute approximate surface area is 164 Å². The highest BCUT2D eigenvalue weighted by Crippen LogP contribution is 2.23. The maximum Gasteiger partial charge on any atom is 0.240 e. The van der Waals surface area contributed by atoms with E-state index in [0.29, 0.717) is 10.7 Å². The largest absolute Gasteiger partial charge is 0.326 e. The Morgan fingerprint density at radius 2 is 1.67 bits per heavy atom. The van der Waals surface area contributed by atoms with Crippen molar-refractivity contribution in [2.45, 2.75) is 40.5 Å². The second-order valence-electron chi connectivity index (χ2n) is 6.57. The molecule has 2 aromatic carbocycles. The summed E-state index contributed by atoms with van der Waals surface area (Å²) < 4.78 is 0. The van der Waals surface area contributed by atoms with Gasteiger partial charge in [0.15, 0.2) is 0 Å². The van der Waals surface area contributed by atoms with Crippen molar-refractivity contribution in [3.8, 4) is 0 Å². The van der Waals surface area contributed by atoms with Crippen molar-refractivity contribution < 1.29 is 9.59 Å². The molecule has 0 spiro atoms. The molecule has 0 atom stereocenters. The van der Waals surface area contributed by atoms with Gasteiger partial charge in [0, 0.05) is 29.1 Å². The minimum Gasteiger partial charge on any atom is -0.326 e. The summed E-state index contributed by atoms with van der Waals surface area (Å²) in [5.74, 6) is -0.559. The van der Waals surface area contributed by atoms with Gasteiger partial charge in [-0.05, 0) is 56.5 Å². The Kier molecular flexibility index (Phi) is 7.13. The number of halogens is 1. The van der Waals surface area contributed by atoms with Crippen LogP contribution >= 0.6 is 11.6 Å². The van der Waals surface area contributed by atoms with Crippen molar-refractivity contribution in [3.05, 3.63) is 63.2 Å². The van der Waals surface area contributed by atoms with Crippen LogP contribution < -0.4 is 10.7 Å². The lowest BCUT2D eigenvalue weighted by atomic mass is 10.0. The first-order valence-corrected chi connectivity index (χ1v) is 9.10. The molecule has 142 valence electrons. The van der Waals surface area contributed by atoms with Gasteiger partial charge < -0.3 is 5.32 Å². The average Bonchev–Trinajstić information content (AvgIpc) is 2.59. The number of carbonyl (C=O) groups excluding carboxylic acids is 2. The van der Waals surface area contributed by atoms with E-state index in [1.807, 2.05) is 27.7 Å². The van der Waals surface area contributed by atoms with Gasteiger partial charge >= 0.3 is 0 Å². The summed E-state index contributed by atoms with van der Waals surface area (Å²) in [5.41, 5.74) is 8.28. The molecular formula is C21H24ClN3O2. The van der Waals surface area contributed by atoms with E-state index in [-0.39, 0.29) is 24.7 Å².